The maximum atomic E-state index is 11.6. The number of rotatable bonds is 2. The summed E-state index contributed by atoms with van der Waals surface area (Å²) in [6.45, 7) is -0.384. The first-order valence-electron chi connectivity index (χ1n) is 6.39. The minimum atomic E-state index is -4.16. The van der Waals surface area contributed by atoms with E-state index in [1.54, 1.807) is 0 Å². The summed E-state index contributed by atoms with van der Waals surface area (Å²) in [6, 6.07) is 0. The van der Waals surface area contributed by atoms with Crippen LogP contribution in [0.1, 0.15) is 6.23 Å². The maximum absolute atomic E-state index is 11.6. The molecule has 2 aliphatic heterocycles. The smallest absolute Gasteiger partial charge is 0.394 e. The number of phosphoric acid groups is 1. The van der Waals surface area contributed by atoms with Crippen molar-refractivity contribution in [2.75, 3.05) is 12.3 Å². The number of nitrogens with zero attached hydrogens (tertiary/aromatic N) is 4. The van der Waals surface area contributed by atoms with E-state index in [0.717, 1.165) is 0 Å². The van der Waals surface area contributed by atoms with E-state index in [2.05, 4.69) is 15.0 Å². The van der Waals surface area contributed by atoms with Crippen molar-refractivity contribution in [3.8, 4) is 0 Å². The summed E-state index contributed by atoms with van der Waals surface area (Å²) in [5, 5.41) is 9.35. The van der Waals surface area contributed by atoms with Crippen LogP contribution in [0, 0.1) is 0 Å². The largest absolute Gasteiger partial charge is 0.473 e. The van der Waals surface area contributed by atoms with Crippen LogP contribution in [0.15, 0.2) is 12.7 Å². The standard InChI is InChI=1S/C10H12N5O6P.Na/c11-8-5-9(13-2-12-8)15(3-14-5)10-7-6(4(1-16)19-10)20-22(17,18)21-7;/h2-4,6-7,10,16H,1H2,(H,17,18)(H2,11,12,13);. The molecule has 0 saturated carbocycles. The fourth-order valence-electron chi connectivity index (χ4n) is 2.71. The van der Waals surface area contributed by atoms with E-state index in [1.165, 1.54) is 17.2 Å². The van der Waals surface area contributed by atoms with Gasteiger partial charge in [-0.1, -0.05) is 0 Å². The minimum absolute atomic E-state index is 0. The molecule has 0 aliphatic carbocycles. The van der Waals surface area contributed by atoms with Crippen molar-refractivity contribution in [2.45, 2.75) is 24.5 Å². The van der Waals surface area contributed by atoms with Gasteiger partial charge in [-0.05, 0) is 0 Å². The maximum Gasteiger partial charge on any atom is 0.473 e. The summed E-state index contributed by atoms with van der Waals surface area (Å²) in [5.41, 5.74) is 6.49. The third-order valence-corrected chi connectivity index (χ3v) is 4.66. The molecule has 4 N–H and O–H groups in total. The molecule has 11 nitrogen and oxygen atoms in total. The molecular formula is C10H12N5NaO6P. The van der Waals surface area contributed by atoms with E-state index in [1.807, 2.05) is 0 Å². The van der Waals surface area contributed by atoms with Crippen molar-refractivity contribution in [1.82, 2.24) is 19.5 Å². The molecule has 23 heavy (non-hydrogen) atoms. The van der Waals surface area contributed by atoms with Gasteiger partial charge in [0.2, 0.25) is 0 Å². The summed E-state index contributed by atoms with van der Waals surface area (Å²) in [5.74, 6) is 0.202. The number of anilines is 1. The van der Waals surface area contributed by atoms with Crippen LogP contribution in [0.3, 0.4) is 0 Å². The van der Waals surface area contributed by atoms with Gasteiger partial charge >= 0.3 is 7.82 Å². The average Bonchev–Trinajstić information content (AvgIpc) is 3.10. The molecule has 0 amide bonds. The number of imidazole rings is 1. The Hall–Kier alpha value is -0.620. The molecule has 2 fully saturated rings. The van der Waals surface area contributed by atoms with Gasteiger partial charge in [0.25, 0.3) is 0 Å². The van der Waals surface area contributed by atoms with E-state index in [9.17, 15) is 14.6 Å². The number of aliphatic hydroxyl groups excluding tert-OH is 1. The molecule has 0 bridgehead atoms. The number of aliphatic hydroxyl groups is 1. The Bertz CT molecular complexity index is 788. The molecule has 5 unspecified atom stereocenters. The van der Waals surface area contributed by atoms with Gasteiger partial charge in [0.1, 0.15) is 30.2 Å². The predicted molar refractivity (Wildman–Crippen MR) is 76.1 cm³/mol. The van der Waals surface area contributed by atoms with E-state index < -0.39 is 32.4 Å². The summed E-state index contributed by atoms with van der Waals surface area (Å²) in [4.78, 5) is 21.5. The van der Waals surface area contributed by atoms with E-state index >= 15 is 0 Å². The van der Waals surface area contributed by atoms with Gasteiger partial charge in [0, 0.05) is 29.6 Å². The van der Waals surface area contributed by atoms with Gasteiger partial charge in [0.15, 0.2) is 17.7 Å². The van der Waals surface area contributed by atoms with E-state index in [0.29, 0.717) is 11.2 Å². The second kappa shape index (κ2) is 6.03. The third kappa shape index (κ3) is 2.72. The molecule has 5 atom stereocenters. The second-order valence-corrected chi connectivity index (χ2v) is 6.30. The molecule has 2 saturated heterocycles. The van der Waals surface area contributed by atoms with Crippen molar-refractivity contribution in [2.24, 2.45) is 0 Å². The Morgan fingerprint density at radius 2 is 2.04 bits per heavy atom. The van der Waals surface area contributed by atoms with Crippen molar-refractivity contribution in [3.63, 3.8) is 0 Å². The van der Waals surface area contributed by atoms with Crippen molar-refractivity contribution < 1.29 is 28.3 Å². The number of aromatic nitrogens is 4. The predicted octanol–water partition coefficient (Wildman–Crippen LogP) is -1.20. The Labute approximate surface area is 151 Å². The first-order chi connectivity index (χ1) is 10.5. The summed E-state index contributed by atoms with van der Waals surface area (Å²) in [7, 11) is -4.16. The van der Waals surface area contributed by atoms with Crippen LogP contribution in [0.2, 0.25) is 0 Å². The molecule has 2 aromatic heterocycles. The van der Waals surface area contributed by atoms with Crippen molar-refractivity contribution in [1.29, 1.82) is 0 Å². The zero-order chi connectivity index (χ0) is 15.5. The van der Waals surface area contributed by atoms with Crippen LogP contribution in [0.5, 0.6) is 0 Å². The third-order valence-electron chi connectivity index (χ3n) is 3.64. The second-order valence-electron chi connectivity index (χ2n) is 4.94. The molecule has 13 heteroatoms. The summed E-state index contributed by atoms with van der Waals surface area (Å²) in [6.07, 6.45) is -0.668. The summed E-state index contributed by atoms with van der Waals surface area (Å²) < 4.78 is 28.8. The minimum Gasteiger partial charge on any atom is -0.394 e. The van der Waals surface area contributed by atoms with Crippen molar-refractivity contribution >= 4 is 54.4 Å². The number of hydrogen-bond acceptors (Lipinski definition) is 9. The first-order valence-corrected chi connectivity index (χ1v) is 7.88. The molecule has 4 rings (SSSR count). The normalized spacial score (nSPS) is 36.1. The number of nitrogens with two attached hydrogens (primary N) is 1. The fraction of sp³-hybridized carbons (Fsp3) is 0.500. The number of nitrogen functional groups attached to an aromatic ring is 1. The van der Waals surface area contributed by atoms with Gasteiger partial charge in [0.05, 0.1) is 12.9 Å². The summed E-state index contributed by atoms with van der Waals surface area (Å²) >= 11 is 0. The molecule has 2 aromatic rings. The van der Waals surface area contributed by atoms with Crippen molar-refractivity contribution in [3.05, 3.63) is 12.7 Å². The number of fused-ring (bicyclic) bond motifs is 2. The van der Waals surface area contributed by atoms with Crippen LogP contribution < -0.4 is 5.73 Å². The van der Waals surface area contributed by atoms with Gasteiger partial charge in [-0.3, -0.25) is 13.6 Å². The van der Waals surface area contributed by atoms with E-state index in [4.69, 9.17) is 19.5 Å². The van der Waals surface area contributed by atoms with Gasteiger partial charge in [-0.2, -0.15) is 0 Å². The first kappa shape index (κ1) is 17.2. The fourth-order valence-corrected chi connectivity index (χ4v) is 3.85. The molecular weight excluding hydrogens is 340 g/mol. The molecule has 4 heterocycles. The molecule has 0 spiro atoms. The van der Waals surface area contributed by atoms with Crippen LogP contribution in [0.4, 0.5) is 5.82 Å². The SMILES string of the molecule is Nc1ncnc2c1ncn2C1OC(CO)C2OP(=O)(O)OC21.[Na]. The van der Waals surface area contributed by atoms with E-state index in [-0.39, 0.29) is 42.0 Å². The van der Waals surface area contributed by atoms with Crippen LogP contribution in [-0.2, 0) is 18.3 Å². The number of hydrogen-bond donors (Lipinski definition) is 3. The Morgan fingerprint density at radius 1 is 1.30 bits per heavy atom. The monoisotopic (exact) mass is 352 g/mol. The molecule has 2 aliphatic rings. The van der Waals surface area contributed by atoms with Gasteiger partial charge in [-0.25, -0.2) is 19.5 Å². The quantitative estimate of drug-likeness (QED) is 0.443. The van der Waals surface area contributed by atoms with Crippen LogP contribution in [-0.4, -0.2) is 84.0 Å². The topological polar surface area (TPSA) is 155 Å². The van der Waals surface area contributed by atoms with Crippen LogP contribution >= 0.6 is 7.82 Å². The zero-order valence-corrected chi connectivity index (χ0v) is 14.9. The molecule has 1 radical (unpaired) electrons. The Morgan fingerprint density at radius 3 is 2.78 bits per heavy atom. The molecule has 119 valence electrons. The Kier molecular flexibility index (Phi) is 4.51. The van der Waals surface area contributed by atoms with Gasteiger partial charge < -0.3 is 20.5 Å². The number of phosphoric ester groups is 1. The Balaban J connectivity index is 0.00000156. The van der Waals surface area contributed by atoms with Gasteiger partial charge in [-0.15, -0.1) is 0 Å². The van der Waals surface area contributed by atoms with Crippen LogP contribution in [0.25, 0.3) is 11.2 Å². The molecule has 0 aromatic carbocycles. The number of ether oxygens (including phenoxy) is 1. The zero-order valence-electron chi connectivity index (χ0n) is 12.0. The average molecular weight is 352 g/mol.